The van der Waals surface area contributed by atoms with Crippen LogP contribution >= 0.6 is 0 Å². The van der Waals surface area contributed by atoms with E-state index in [1.165, 1.54) is 0 Å². The summed E-state index contributed by atoms with van der Waals surface area (Å²) < 4.78 is 7.77. The second-order valence-corrected chi connectivity index (χ2v) is 8.20. The quantitative estimate of drug-likeness (QED) is 0.293. The van der Waals surface area contributed by atoms with Crippen LogP contribution in [0.3, 0.4) is 0 Å². The number of ether oxygens (including phenoxy) is 1. The summed E-state index contributed by atoms with van der Waals surface area (Å²) in [7, 11) is 0. The van der Waals surface area contributed by atoms with Gasteiger partial charge >= 0.3 is 0 Å². The predicted molar refractivity (Wildman–Crippen MR) is 131 cm³/mol. The summed E-state index contributed by atoms with van der Waals surface area (Å²) in [5.74, 6) is 2.22. The molecule has 9 heteroatoms. The standard InChI is InChI=1S/C25H27N7O2/c26-19-7-4-6-18(16-19)23-29-24(27-11-15-34-20-8-2-1-3-9-20)22-25(30-23)32(17-28-22)14-13-31-12-5-10-21(31)33/h1-4,6-9,16-17H,5,10-15,26H2,(H,27,29,30). The number of imidazole rings is 1. The molecule has 3 N–H and O–H groups in total. The van der Waals surface area contributed by atoms with Crippen LogP contribution in [0.5, 0.6) is 5.75 Å². The summed E-state index contributed by atoms with van der Waals surface area (Å²) in [5.41, 5.74) is 8.87. The highest BCUT2D eigenvalue weighted by Crippen LogP contribution is 2.25. The fraction of sp³-hybridized carbons (Fsp3) is 0.280. The van der Waals surface area contributed by atoms with Crippen LogP contribution in [0.25, 0.3) is 22.6 Å². The summed E-state index contributed by atoms with van der Waals surface area (Å²) >= 11 is 0. The monoisotopic (exact) mass is 457 g/mol. The van der Waals surface area contributed by atoms with E-state index in [2.05, 4.69) is 10.3 Å². The van der Waals surface area contributed by atoms with E-state index < -0.39 is 0 Å². The van der Waals surface area contributed by atoms with Gasteiger partial charge in [-0.15, -0.1) is 0 Å². The fourth-order valence-corrected chi connectivity index (χ4v) is 4.06. The molecular formula is C25H27N7O2. The van der Waals surface area contributed by atoms with E-state index in [1.54, 1.807) is 6.33 Å². The number of carbonyl (C=O) groups is 1. The van der Waals surface area contributed by atoms with Gasteiger partial charge in [0.15, 0.2) is 17.3 Å². The summed E-state index contributed by atoms with van der Waals surface area (Å²) in [6, 6.07) is 17.2. The maximum Gasteiger partial charge on any atom is 0.222 e. The Morgan fingerprint density at radius 1 is 1.06 bits per heavy atom. The number of nitrogen functional groups attached to an aromatic ring is 1. The molecule has 0 spiro atoms. The molecule has 0 saturated carbocycles. The van der Waals surface area contributed by atoms with Crippen molar-refractivity contribution in [3.8, 4) is 17.1 Å². The largest absolute Gasteiger partial charge is 0.492 e. The number of carbonyl (C=O) groups excluding carboxylic acids is 1. The number of hydrogen-bond acceptors (Lipinski definition) is 7. The Morgan fingerprint density at radius 3 is 2.74 bits per heavy atom. The number of anilines is 2. The normalized spacial score (nSPS) is 13.5. The number of benzene rings is 2. The van der Waals surface area contributed by atoms with E-state index in [0.29, 0.717) is 61.2 Å². The third-order valence-electron chi connectivity index (χ3n) is 5.80. The third kappa shape index (κ3) is 4.78. The zero-order valence-electron chi connectivity index (χ0n) is 18.9. The summed E-state index contributed by atoms with van der Waals surface area (Å²) in [5, 5.41) is 3.35. The average Bonchev–Trinajstić information content (AvgIpc) is 3.46. The predicted octanol–water partition coefficient (Wildman–Crippen LogP) is 3.19. The van der Waals surface area contributed by atoms with Gasteiger partial charge in [0.25, 0.3) is 0 Å². The number of hydrogen-bond donors (Lipinski definition) is 2. The minimum Gasteiger partial charge on any atom is -0.492 e. The molecule has 2 aromatic carbocycles. The summed E-state index contributed by atoms with van der Waals surface area (Å²) in [4.78, 5) is 28.0. The van der Waals surface area contributed by atoms with Gasteiger partial charge in [0.1, 0.15) is 17.9 Å². The maximum atomic E-state index is 12.0. The van der Waals surface area contributed by atoms with Crippen LogP contribution in [0.15, 0.2) is 60.9 Å². The first kappa shape index (κ1) is 21.7. The second-order valence-electron chi connectivity index (χ2n) is 8.20. The van der Waals surface area contributed by atoms with E-state index in [-0.39, 0.29) is 5.91 Å². The lowest BCUT2D eigenvalue weighted by Crippen LogP contribution is -2.28. The number of para-hydroxylation sites is 1. The molecule has 1 aliphatic heterocycles. The van der Waals surface area contributed by atoms with Crippen LogP contribution in [-0.2, 0) is 11.3 Å². The van der Waals surface area contributed by atoms with Crippen molar-refractivity contribution in [2.24, 2.45) is 0 Å². The average molecular weight is 458 g/mol. The Kier molecular flexibility index (Phi) is 6.24. The molecule has 0 radical (unpaired) electrons. The van der Waals surface area contributed by atoms with Crippen molar-refractivity contribution in [3.63, 3.8) is 0 Å². The van der Waals surface area contributed by atoms with Gasteiger partial charge < -0.3 is 25.3 Å². The van der Waals surface area contributed by atoms with E-state index in [0.717, 1.165) is 24.3 Å². The lowest BCUT2D eigenvalue weighted by atomic mass is 10.2. The van der Waals surface area contributed by atoms with Crippen LogP contribution < -0.4 is 15.8 Å². The summed E-state index contributed by atoms with van der Waals surface area (Å²) in [6.45, 7) is 3.08. The molecule has 174 valence electrons. The van der Waals surface area contributed by atoms with Crippen LogP contribution in [0.4, 0.5) is 11.5 Å². The maximum absolute atomic E-state index is 12.0. The molecule has 34 heavy (non-hydrogen) atoms. The van der Waals surface area contributed by atoms with Crippen molar-refractivity contribution in [2.75, 3.05) is 37.3 Å². The van der Waals surface area contributed by atoms with Gasteiger partial charge in [-0.25, -0.2) is 15.0 Å². The number of amides is 1. The molecule has 9 nitrogen and oxygen atoms in total. The molecule has 3 heterocycles. The topological polar surface area (TPSA) is 111 Å². The van der Waals surface area contributed by atoms with Crippen molar-refractivity contribution in [1.82, 2.24) is 24.4 Å². The zero-order valence-corrected chi connectivity index (χ0v) is 18.9. The highest BCUT2D eigenvalue weighted by Gasteiger charge is 2.20. The van der Waals surface area contributed by atoms with Gasteiger partial charge in [-0.2, -0.15) is 0 Å². The van der Waals surface area contributed by atoms with Crippen molar-refractivity contribution in [2.45, 2.75) is 19.4 Å². The Labute approximate surface area is 197 Å². The molecule has 1 saturated heterocycles. The van der Waals surface area contributed by atoms with Gasteiger partial charge in [-0.05, 0) is 30.7 Å². The zero-order chi connectivity index (χ0) is 23.3. The third-order valence-corrected chi connectivity index (χ3v) is 5.80. The van der Waals surface area contributed by atoms with Gasteiger partial charge in [-0.3, -0.25) is 4.79 Å². The molecule has 0 atom stereocenters. The number of rotatable bonds is 9. The molecule has 0 bridgehead atoms. The van der Waals surface area contributed by atoms with Gasteiger partial charge in [0.05, 0.1) is 12.9 Å². The molecule has 4 aromatic rings. The Hall–Kier alpha value is -4.14. The fourth-order valence-electron chi connectivity index (χ4n) is 4.06. The highest BCUT2D eigenvalue weighted by molar-refractivity contribution is 5.85. The van der Waals surface area contributed by atoms with E-state index >= 15 is 0 Å². The van der Waals surface area contributed by atoms with E-state index in [9.17, 15) is 4.79 Å². The van der Waals surface area contributed by atoms with Crippen LogP contribution in [0.1, 0.15) is 12.8 Å². The molecule has 0 unspecified atom stereocenters. The Morgan fingerprint density at radius 2 is 1.94 bits per heavy atom. The number of likely N-dealkylation sites (tertiary alicyclic amines) is 1. The number of nitrogens with one attached hydrogen (secondary N) is 1. The second kappa shape index (κ2) is 9.78. The molecule has 1 fully saturated rings. The van der Waals surface area contributed by atoms with Gasteiger partial charge in [-0.1, -0.05) is 30.3 Å². The smallest absolute Gasteiger partial charge is 0.222 e. The first-order valence-corrected chi connectivity index (χ1v) is 11.5. The molecule has 0 aliphatic carbocycles. The first-order chi connectivity index (χ1) is 16.7. The Bertz CT molecular complexity index is 1290. The lowest BCUT2D eigenvalue weighted by molar-refractivity contribution is -0.127. The molecule has 2 aromatic heterocycles. The van der Waals surface area contributed by atoms with Crippen LogP contribution in [0.2, 0.25) is 0 Å². The minimum absolute atomic E-state index is 0.209. The Balaban J connectivity index is 1.39. The van der Waals surface area contributed by atoms with Gasteiger partial charge in [0, 0.05) is 37.3 Å². The van der Waals surface area contributed by atoms with Crippen molar-refractivity contribution < 1.29 is 9.53 Å². The highest BCUT2D eigenvalue weighted by atomic mass is 16.5. The number of nitrogens with two attached hydrogens (primary N) is 1. The van der Waals surface area contributed by atoms with Crippen LogP contribution in [-0.4, -0.2) is 56.6 Å². The van der Waals surface area contributed by atoms with Crippen molar-refractivity contribution in [1.29, 1.82) is 0 Å². The lowest BCUT2D eigenvalue weighted by Gasteiger charge is -2.16. The first-order valence-electron chi connectivity index (χ1n) is 11.5. The van der Waals surface area contributed by atoms with Crippen LogP contribution in [0, 0.1) is 0 Å². The molecule has 1 amide bonds. The van der Waals surface area contributed by atoms with E-state index in [1.807, 2.05) is 64.1 Å². The molecule has 5 rings (SSSR count). The van der Waals surface area contributed by atoms with Crippen molar-refractivity contribution in [3.05, 3.63) is 60.9 Å². The number of fused-ring (bicyclic) bond motifs is 1. The van der Waals surface area contributed by atoms with E-state index in [4.69, 9.17) is 20.4 Å². The molecular weight excluding hydrogens is 430 g/mol. The molecule has 1 aliphatic rings. The minimum atomic E-state index is 0.209. The SMILES string of the molecule is Nc1cccc(-c2nc(NCCOc3ccccc3)c3ncn(CCN4CCCC4=O)c3n2)c1. The van der Waals surface area contributed by atoms with Gasteiger partial charge in [0.2, 0.25) is 5.91 Å². The summed E-state index contributed by atoms with van der Waals surface area (Å²) in [6.07, 6.45) is 3.31. The van der Waals surface area contributed by atoms with Crippen molar-refractivity contribution >= 4 is 28.6 Å². The number of nitrogens with zero attached hydrogens (tertiary/aromatic N) is 5. The number of aromatic nitrogens is 4.